The molecule has 7 heteroatoms. The molecule has 1 aliphatic carbocycles. The molecule has 1 saturated carbocycles. The van der Waals surface area contributed by atoms with Crippen molar-refractivity contribution in [2.45, 2.75) is 63.5 Å². The number of nitrogens with zero attached hydrogens (tertiary/aromatic N) is 3. The fraction of sp³-hybridized carbons (Fsp3) is 0.786. The van der Waals surface area contributed by atoms with Crippen molar-refractivity contribution < 1.29 is 9.32 Å². The highest BCUT2D eigenvalue weighted by Gasteiger charge is 2.40. The molecule has 21 heavy (non-hydrogen) atoms. The standard InChI is InChI=1S/C14H22N4O2.ClH/c1-2-11(19)18-9-4-3-6-10(18)12-16-13(17-20-12)14(15)7-5-8-14;/h10H,2-9,15H2,1H3;1H. The molecule has 6 nitrogen and oxygen atoms in total. The maximum Gasteiger partial charge on any atom is 0.249 e. The average Bonchev–Trinajstić information content (AvgIpc) is 2.94. The van der Waals surface area contributed by atoms with Gasteiger partial charge in [-0.3, -0.25) is 4.79 Å². The molecule has 2 fully saturated rings. The van der Waals surface area contributed by atoms with E-state index in [2.05, 4.69) is 10.1 Å². The lowest BCUT2D eigenvalue weighted by molar-refractivity contribution is -0.135. The lowest BCUT2D eigenvalue weighted by Crippen LogP contribution is -2.44. The predicted molar refractivity (Wildman–Crippen MR) is 79.9 cm³/mol. The molecule has 1 amide bonds. The van der Waals surface area contributed by atoms with Crippen LogP contribution in [-0.2, 0) is 10.3 Å². The van der Waals surface area contributed by atoms with Gasteiger partial charge < -0.3 is 15.2 Å². The zero-order valence-corrected chi connectivity index (χ0v) is 13.2. The SMILES string of the molecule is CCC(=O)N1CCCCC1c1nc(C2(N)CCC2)no1.Cl. The van der Waals surface area contributed by atoms with Crippen molar-refractivity contribution in [3.63, 3.8) is 0 Å². The number of aromatic nitrogens is 2. The van der Waals surface area contributed by atoms with Gasteiger partial charge in [0.05, 0.1) is 5.54 Å². The van der Waals surface area contributed by atoms with Gasteiger partial charge in [0.15, 0.2) is 5.82 Å². The largest absolute Gasteiger partial charge is 0.337 e. The molecule has 3 rings (SSSR count). The summed E-state index contributed by atoms with van der Waals surface area (Å²) < 4.78 is 5.42. The monoisotopic (exact) mass is 314 g/mol. The summed E-state index contributed by atoms with van der Waals surface area (Å²) in [5.74, 6) is 1.31. The fourth-order valence-electron chi connectivity index (χ4n) is 3.04. The number of halogens is 1. The predicted octanol–water partition coefficient (Wildman–Crippen LogP) is 2.29. The van der Waals surface area contributed by atoms with Crippen LogP contribution in [0.15, 0.2) is 4.52 Å². The van der Waals surface area contributed by atoms with Gasteiger partial charge in [0, 0.05) is 13.0 Å². The molecule has 1 aromatic heterocycles. The van der Waals surface area contributed by atoms with Crippen LogP contribution in [0, 0.1) is 0 Å². The topological polar surface area (TPSA) is 85.2 Å². The third-order valence-corrected chi connectivity index (χ3v) is 4.54. The second-order valence-corrected chi connectivity index (χ2v) is 5.92. The first kappa shape index (κ1) is 16.2. The van der Waals surface area contributed by atoms with Crippen molar-refractivity contribution in [1.29, 1.82) is 0 Å². The van der Waals surface area contributed by atoms with Crippen LogP contribution in [0.2, 0.25) is 0 Å². The minimum atomic E-state index is -0.407. The summed E-state index contributed by atoms with van der Waals surface area (Å²) in [7, 11) is 0. The Morgan fingerprint density at radius 1 is 1.43 bits per heavy atom. The van der Waals surface area contributed by atoms with Crippen molar-refractivity contribution in [2.75, 3.05) is 6.54 Å². The molecule has 1 saturated heterocycles. The Labute approximate surface area is 130 Å². The van der Waals surface area contributed by atoms with Crippen LogP contribution in [0.1, 0.15) is 69.6 Å². The summed E-state index contributed by atoms with van der Waals surface area (Å²) in [6, 6.07) is -0.0684. The average molecular weight is 315 g/mol. The van der Waals surface area contributed by atoms with Crippen LogP contribution in [0.5, 0.6) is 0 Å². The van der Waals surface area contributed by atoms with Crippen LogP contribution in [0.25, 0.3) is 0 Å². The number of piperidine rings is 1. The van der Waals surface area contributed by atoms with E-state index in [1.54, 1.807) is 0 Å². The molecule has 118 valence electrons. The van der Waals surface area contributed by atoms with Gasteiger partial charge in [-0.05, 0) is 38.5 Å². The molecular weight excluding hydrogens is 292 g/mol. The van der Waals surface area contributed by atoms with Gasteiger partial charge in [-0.2, -0.15) is 4.98 Å². The zero-order valence-electron chi connectivity index (χ0n) is 12.4. The fourth-order valence-corrected chi connectivity index (χ4v) is 3.04. The van der Waals surface area contributed by atoms with E-state index < -0.39 is 5.54 Å². The molecule has 0 radical (unpaired) electrons. The van der Waals surface area contributed by atoms with E-state index in [1.807, 2.05) is 11.8 Å². The third kappa shape index (κ3) is 2.92. The normalized spacial score (nSPS) is 24.1. The first-order chi connectivity index (χ1) is 9.64. The quantitative estimate of drug-likeness (QED) is 0.925. The molecule has 1 aromatic rings. The van der Waals surface area contributed by atoms with Gasteiger partial charge in [0.1, 0.15) is 6.04 Å². The van der Waals surface area contributed by atoms with Crippen molar-refractivity contribution in [1.82, 2.24) is 15.0 Å². The highest BCUT2D eigenvalue weighted by Crippen LogP contribution is 2.38. The number of amides is 1. The molecule has 2 aliphatic rings. The highest BCUT2D eigenvalue weighted by atomic mass is 35.5. The molecule has 0 bridgehead atoms. The van der Waals surface area contributed by atoms with E-state index in [-0.39, 0.29) is 24.4 Å². The van der Waals surface area contributed by atoms with Gasteiger partial charge in [-0.15, -0.1) is 12.4 Å². The zero-order chi connectivity index (χ0) is 14.2. The van der Waals surface area contributed by atoms with Crippen LogP contribution in [0.3, 0.4) is 0 Å². The van der Waals surface area contributed by atoms with Crippen LogP contribution in [0.4, 0.5) is 0 Å². The van der Waals surface area contributed by atoms with Gasteiger partial charge >= 0.3 is 0 Å². The summed E-state index contributed by atoms with van der Waals surface area (Å²) in [4.78, 5) is 18.4. The number of nitrogens with two attached hydrogens (primary N) is 1. The van der Waals surface area contributed by atoms with Gasteiger partial charge in [-0.1, -0.05) is 12.1 Å². The van der Waals surface area contributed by atoms with E-state index in [9.17, 15) is 4.79 Å². The van der Waals surface area contributed by atoms with E-state index in [0.717, 1.165) is 45.1 Å². The Morgan fingerprint density at radius 2 is 2.19 bits per heavy atom. The maximum absolute atomic E-state index is 12.0. The van der Waals surface area contributed by atoms with E-state index in [0.29, 0.717) is 18.1 Å². The van der Waals surface area contributed by atoms with Crippen molar-refractivity contribution in [3.8, 4) is 0 Å². The Balaban J connectivity index is 0.00000161. The lowest BCUT2D eigenvalue weighted by Gasteiger charge is -2.35. The summed E-state index contributed by atoms with van der Waals surface area (Å²) in [6.45, 7) is 2.67. The molecule has 1 unspecified atom stereocenters. The number of hydrogen-bond acceptors (Lipinski definition) is 5. The van der Waals surface area contributed by atoms with E-state index >= 15 is 0 Å². The van der Waals surface area contributed by atoms with E-state index in [4.69, 9.17) is 10.3 Å². The molecule has 1 atom stereocenters. The van der Waals surface area contributed by atoms with Gasteiger partial charge in [-0.25, -0.2) is 0 Å². The smallest absolute Gasteiger partial charge is 0.249 e. The van der Waals surface area contributed by atoms with Crippen molar-refractivity contribution in [3.05, 3.63) is 11.7 Å². The summed E-state index contributed by atoms with van der Waals surface area (Å²) >= 11 is 0. The Bertz CT molecular complexity index is 501. The third-order valence-electron chi connectivity index (χ3n) is 4.54. The summed E-state index contributed by atoms with van der Waals surface area (Å²) in [6.07, 6.45) is 6.48. The number of carbonyl (C=O) groups is 1. The molecular formula is C14H23ClN4O2. The van der Waals surface area contributed by atoms with Crippen LogP contribution < -0.4 is 5.73 Å². The van der Waals surface area contributed by atoms with Gasteiger partial charge in [0.25, 0.3) is 0 Å². The lowest BCUT2D eigenvalue weighted by atomic mass is 9.77. The number of rotatable bonds is 3. The highest BCUT2D eigenvalue weighted by molar-refractivity contribution is 5.85. The minimum absolute atomic E-state index is 0. The van der Waals surface area contributed by atoms with Crippen molar-refractivity contribution >= 4 is 18.3 Å². The summed E-state index contributed by atoms with van der Waals surface area (Å²) in [5, 5.41) is 4.06. The molecule has 1 aliphatic heterocycles. The Morgan fingerprint density at radius 3 is 2.81 bits per heavy atom. The molecule has 2 N–H and O–H groups in total. The first-order valence-electron chi connectivity index (χ1n) is 7.56. The van der Waals surface area contributed by atoms with Crippen LogP contribution >= 0.6 is 12.4 Å². The van der Waals surface area contributed by atoms with Crippen LogP contribution in [-0.4, -0.2) is 27.5 Å². The molecule has 0 spiro atoms. The maximum atomic E-state index is 12.0. The molecule has 0 aromatic carbocycles. The Kier molecular flexibility index (Phi) is 4.88. The second-order valence-electron chi connectivity index (χ2n) is 5.92. The number of likely N-dealkylation sites (tertiary alicyclic amines) is 1. The summed E-state index contributed by atoms with van der Waals surface area (Å²) in [5.41, 5.74) is 5.82. The van der Waals surface area contributed by atoms with E-state index in [1.165, 1.54) is 0 Å². The minimum Gasteiger partial charge on any atom is -0.337 e. The van der Waals surface area contributed by atoms with Crippen molar-refractivity contribution in [2.24, 2.45) is 5.73 Å². The number of hydrogen-bond donors (Lipinski definition) is 1. The Hall–Kier alpha value is -1.14. The second kappa shape index (κ2) is 6.32. The van der Waals surface area contributed by atoms with Gasteiger partial charge in [0.2, 0.25) is 11.8 Å². The number of carbonyl (C=O) groups excluding carboxylic acids is 1. The molecule has 2 heterocycles. The first-order valence-corrected chi connectivity index (χ1v) is 7.56.